The zero-order valence-corrected chi connectivity index (χ0v) is 7.88. The number of ketones is 1. The van der Waals surface area contributed by atoms with Gasteiger partial charge in [-0.2, -0.15) is 0 Å². The van der Waals surface area contributed by atoms with Gasteiger partial charge in [0.05, 0.1) is 18.5 Å². The number of ether oxygens (including phenoxy) is 1. The minimum absolute atomic E-state index is 0.0769. The number of esters is 1. The highest BCUT2D eigenvalue weighted by molar-refractivity contribution is 6.23. The van der Waals surface area contributed by atoms with Crippen molar-refractivity contribution < 1.29 is 14.3 Å². The van der Waals surface area contributed by atoms with Gasteiger partial charge in [-0.15, -0.1) is 0 Å². The Balaban J connectivity index is 3.11. The third kappa shape index (κ3) is 1.83. The van der Waals surface area contributed by atoms with E-state index in [1.165, 1.54) is 7.11 Å². The molecule has 13 heavy (non-hydrogen) atoms. The number of aliphatic imine (C=N–C) groups is 1. The predicted octanol–water partition coefficient (Wildman–Crippen LogP) is 0.203. The number of Topliss-reactive ketones (excluding diaryl/α,β-unsaturated/α-hetero) is 1. The average Bonchev–Trinajstić information content (AvgIpc) is 2.02. The molecule has 0 aromatic heterocycles. The van der Waals surface area contributed by atoms with Crippen LogP contribution >= 0.6 is 0 Å². The fraction of sp³-hybridized carbons (Fsp3) is 0.444. The Morgan fingerprint density at radius 1 is 1.46 bits per heavy atom. The van der Waals surface area contributed by atoms with Crippen LogP contribution in [0.25, 0.3) is 0 Å². The molecule has 0 aromatic carbocycles. The average molecular weight is 181 g/mol. The van der Waals surface area contributed by atoms with Crippen LogP contribution in [0, 0.1) is 0 Å². The normalized spacial score (nSPS) is 17.2. The van der Waals surface area contributed by atoms with Crippen LogP contribution in [0.2, 0.25) is 0 Å². The largest absolute Gasteiger partial charge is 0.465 e. The summed E-state index contributed by atoms with van der Waals surface area (Å²) < 4.78 is 4.48. The van der Waals surface area contributed by atoms with E-state index >= 15 is 0 Å². The van der Waals surface area contributed by atoms with E-state index in [-0.39, 0.29) is 17.8 Å². The molecular weight excluding hydrogens is 170 g/mol. The lowest BCUT2D eigenvalue weighted by molar-refractivity contribution is -0.137. The van der Waals surface area contributed by atoms with Crippen LogP contribution in [0.1, 0.15) is 20.3 Å². The summed E-state index contributed by atoms with van der Waals surface area (Å²) in [5.41, 5.74) is 1.25. The molecular formula is C9H11NO3+. The van der Waals surface area contributed by atoms with Gasteiger partial charge < -0.3 is 4.74 Å². The van der Waals surface area contributed by atoms with Crippen LogP contribution in [-0.2, 0) is 14.3 Å². The van der Waals surface area contributed by atoms with E-state index in [9.17, 15) is 9.59 Å². The summed E-state index contributed by atoms with van der Waals surface area (Å²) in [5.74, 6) is -0.810. The van der Waals surface area contributed by atoms with Crippen molar-refractivity contribution in [2.75, 3.05) is 7.11 Å². The number of hydrogen-bond donors (Lipinski definition) is 0. The molecule has 69 valence electrons. The number of rotatable bonds is 1. The maximum Gasteiger partial charge on any atom is 0.348 e. The molecule has 0 spiro atoms. The van der Waals surface area contributed by atoms with Crippen LogP contribution in [0.15, 0.2) is 11.3 Å². The second-order valence-electron chi connectivity index (χ2n) is 2.90. The van der Waals surface area contributed by atoms with Gasteiger partial charge in [-0.25, -0.2) is 4.79 Å². The van der Waals surface area contributed by atoms with Crippen LogP contribution in [0.4, 0.5) is 0 Å². The Bertz CT molecular complexity index is 316. The highest BCUT2D eigenvalue weighted by Gasteiger charge is 2.33. The first kappa shape index (κ1) is 9.64. The van der Waals surface area contributed by atoms with Gasteiger partial charge in [0, 0.05) is 13.8 Å². The van der Waals surface area contributed by atoms with Gasteiger partial charge >= 0.3 is 5.97 Å². The number of hydrogen-bond acceptors (Lipinski definition) is 4. The Kier molecular flexibility index (Phi) is 2.60. The zero-order chi connectivity index (χ0) is 10.0. The molecule has 1 rings (SSSR count). The summed E-state index contributed by atoms with van der Waals surface area (Å²) in [7, 11) is 1.25. The van der Waals surface area contributed by atoms with Crippen LogP contribution in [0.5, 0.6) is 0 Å². The van der Waals surface area contributed by atoms with E-state index in [1.807, 2.05) is 0 Å². The molecule has 0 unspecified atom stereocenters. The summed E-state index contributed by atoms with van der Waals surface area (Å²) in [4.78, 5) is 26.6. The number of carbonyl (C=O) groups is 2. The molecule has 4 heteroatoms. The third-order valence-electron chi connectivity index (χ3n) is 1.81. The minimum Gasteiger partial charge on any atom is -0.465 e. The molecule has 1 heterocycles. The van der Waals surface area contributed by atoms with Crippen molar-refractivity contribution in [2.45, 2.75) is 20.3 Å². The molecule has 4 nitrogen and oxygen atoms in total. The second kappa shape index (κ2) is 3.51. The molecule has 0 fully saturated rings. The summed E-state index contributed by atoms with van der Waals surface area (Å²) >= 11 is 0. The lowest BCUT2D eigenvalue weighted by Gasteiger charge is -2.03. The first-order valence-electron chi connectivity index (χ1n) is 3.92. The van der Waals surface area contributed by atoms with Gasteiger partial charge in [-0.3, -0.25) is 4.79 Å². The van der Waals surface area contributed by atoms with Gasteiger partial charge in [0.2, 0.25) is 5.71 Å². The van der Waals surface area contributed by atoms with Crippen molar-refractivity contribution >= 4 is 17.5 Å². The molecule has 0 aromatic rings. The molecule has 1 aliphatic rings. The quantitative estimate of drug-likeness (QED) is 0.429. The van der Waals surface area contributed by atoms with Crippen LogP contribution < -0.4 is 4.99 Å². The van der Waals surface area contributed by atoms with E-state index in [1.54, 1.807) is 13.8 Å². The molecule has 0 saturated carbocycles. The summed E-state index contributed by atoms with van der Waals surface area (Å²) in [6.45, 7) is 3.39. The Hall–Kier alpha value is -1.45. The third-order valence-corrected chi connectivity index (χ3v) is 1.81. The highest BCUT2D eigenvalue weighted by Crippen LogP contribution is 2.12. The SMILES string of the molecule is COC(=O)C1=C(C)[N+]=C(C)CC1=O. The molecule has 0 aliphatic carbocycles. The summed E-state index contributed by atoms with van der Waals surface area (Å²) in [6, 6.07) is 0. The van der Waals surface area contributed by atoms with E-state index in [2.05, 4.69) is 9.73 Å². The van der Waals surface area contributed by atoms with Gasteiger partial charge in [-0.1, -0.05) is 0 Å². The van der Waals surface area contributed by atoms with Crippen LogP contribution in [-0.4, -0.2) is 24.6 Å². The Labute approximate surface area is 76.3 Å². The summed E-state index contributed by atoms with van der Waals surface area (Å²) in [5, 5.41) is 0. The molecule has 0 N–H and O–H groups in total. The first-order chi connectivity index (χ1) is 6.06. The predicted molar refractivity (Wildman–Crippen MR) is 47.2 cm³/mol. The van der Waals surface area contributed by atoms with E-state index in [4.69, 9.17) is 0 Å². The van der Waals surface area contributed by atoms with Crippen LogP contribution in [0.3, 0.4) is 0 Å². The zero-order valence-electron chi connectivity index (χ0n) is 7.88. The number of nitrogens with zero attached hydrogens (tertiary/aromatic N) is 1. The van der Waals surface area contributed by atoms with Crippen molar-refractivity contribution in [3.63, 3.8) is 0 Å². The second-order valence-corrected chi connectivity index (χ2v) is 2.90. The van der Waals surface area contributed by atoms with Gasteiger partial charge in [0.15, 0.2) is 11.4 Å². The summed E-state index contributed by atoms with van der Waals surface area (Å²) in [6.07, 6.45) is 0.210. The topological polar surface area (TPSA) is 57.5 Å². The van der Waals surface area contributed by atoms with Crippen molar-refractivity contribution in [1.82, 2.24) is 4.99 Å². The molecule has 0 atom stereocenters. The smallest absolute Gasteiger partial charge is 0.348 e. The molecule has 0 bridgehead atoms. The molecule has 0 saturated heterocycles. The Morgan fingerprint density at radius 2 is 2.08 bits per heavy atom. The lowest BCUT2D eigenvalue weighted by Crippen LogP contribution is -2.25. The van der Waals surface area contributed by atoms with E-state index in [0.29, 0.717) is 5.70 Å². The fourth-order valence-corrected chi connectivity index (χ4v) is 1.27. The number of allylic oxidation sites excluding steroid dienone is 1. The molecule has 1 radical (unpaired) electrons. The fourth-order valence-electron chi connectivity index (χ4n) is 1.27. The van der Waals surface area contributed by atoms with Crippen molar-refractivity contribution in [3.05, 3.63) is 11.3 Å². The lowest BCUT2D eigenvalue weighted by atomic mass is 10.0. The monoisotopic (exact) mass is 181 g/mol. The standard InChI is InChI=1S/C9H11NO3/c1-5-4-7(11)8(6(2)10-5)9(12)13-3/h4H2,1-3H3/q+1. The maximum absolute atomic E-state index is 11.4. The maximum atomic E-state index is 11.4. The van der Waals surface area contributed by atoms with E-state index < -0.39 is 5.97 Å². The van der Waals surface area contributed by atoms with E-state index in [0.717, 1.165) is 5.71 Å². The number of methoxy groups -OCH3 is 1. The van der Waals surface area contributed by atoms with Crippen molar-refractivity contribution in [2.24, 2.45) is 0 Å². The number of carbonyl (C=O) groups excluding carboxylic acids is 2. The molecule has 1 aliphatic heterocycles. The van der Waals surface area contributed by atoms with Crippen molar-refractivity contribution in [3.8, 4) is 0 Å². The Morgan fingerprint density at radius 3 is 2.54 bits per heavy atom. The minimum atomic E-state index is -0.598. The van der Waals surface area contributed by atoms with Gasteiger partial charge in [-0.05, 0) is 0 Å². The highest BCUT2D eigenvalue weighted by atomic mass is 16.5. The van der Waals surface area contributed by atoms with Gasteiger partial charge in [0.25, 0.3) is 5.70 Å². The molecule has 0 amide bonds. The van der Waals surface area contributed by atoms with Crippen molar-refractivity contribution in [1.29, 1.82) is 0 Å². The van der Waals surface area contributed by atoms with Gasteiger partial charge in [0.1, 0.15) is 0 Å². The first-order valence-corrected chi connectivity index (χ1v) is 3.92.